The third-order valence-electron chi connectivity index (χ3n) is 5.23. The number of carbonyl (C=O) groups is 2. The van der Waals surface area contributed by atoms with Crippen molar-refractivity contribution in [2.75, 3.05) is 19.8 Å². The molecule has 0 aliphatic carbocycles. The SMILES string of the molecule is CC1CN(C(=O)C[C@@H](c2ccccc2)c2ccc(S(C)(=O)=O)cc2)C(=O)N1C. The van der Waals surface area contributed by atoms with Crippen molar-refractivity contribution in [2.24, 2.45) is 0 Å². The maximum atomic E-state index is 12.9. The average molecular weight is 401 g/mol. The van der Waals surface area contributed by atoms with Gasteiger partial charge >= 0.3 is 6.03 Å². The van der Waals surface area contributed by atoms with Crippen molar-refractivity contribution in [3.8, 4) is 0 Å². The van der Waals surface area contributed by atoms with Crippen LogP contribution in [0.1, 0.15) is 30.4 Å². The smallest absolute Gasteiger partial charge is 0.323 e. The van der Waals surface area contributed by atoms with Crippen LogP contribution < -0.4 is 0 Å². The molecule has 0 N–H and O–H groups in total. The molecule has 0 radical (unpaired) electrons. The second-order valence-electron chi connectivity index (χ2n) is 7.26. The van der Waals surface area contributed by atoms with E-state index in [4.69, 9.17) is 0 Å². The van der Waals surface area contributed by atoms with Gasteiger partial charge in [-0.25, -0.2) is 13.2 Å². The number of sulfone groups is 1. The Labute approximate surface area is 165 Å². The zero-order valence-corrected chi connectivity index (χ0v) is 17.0. The zero-order valence-electron chi connectivity index (χ0n) is 16.2. The van der Waals surface area contributed by atoms with Crippen LogP contribution in [0.15, 0.2) is 59.5 Å². The van der Waals surface area contributed by atoms with Gasteiger partial charge in [-0.1, -0.05) is 42.5 Å². The fourth-order valence-corrected chi connectivity index (χ4v) is 4.03. The first-order valence-corrected chi connectivity index (χ1v) is 11.0. The summed E-state index contributed by atoms with van der Waals surface area (Å²) >= 11 is 0. The van der Waals surface area contributed by atoms with Gasteiger partial charge in [0.05, 0.1) is 11.4 Å². The van der Waals surface area contributed by atoms with Gasteiger partial charge in [0.25, 0.3) is 0 Å². The summed E-state index contributed by atoms with van der Waals surface area (Å²) < 4.78 is 23.5. The highest BCUT2D eigenvalue weighted by molar-refractivity contribution is 7.90. The van der Waals surface area contributed by atoms with Gasteiger partial charge in [-0.2, -0.15) is 0 Å². The molecule has 2 aromatic carbocycles. The maximum Gasteiger partial charge on any atom is 0.326 e. The topological polar surface area (TPSA) is 74.8 Å². The number of hydrogen-bond acceptors (Lipinski definition) is 4. The van der Waals surface area contributed by atoms with Gasteiger partial charge in [-0.3, -0.25) is 9.69 Å². The van der Waals surface area contributed by atoms with Crippen LogP contribution in [0, 0.1) is 0 Å². The number of urea groups is 1. The summed E-state index contributed by atoms with van der Waals surface area (Å²) in [5, 5.41) is 0. The Balaban J connectivity index is 1.91. The van der Waals surface area contributed by atoms with E-state index in [2.05, 4.69) is 0 Å². The normalized spacial score (nSPS) is 18.4. The van der Waals surface area contributed by atoms with E-state index in [1.807, 2.05) is 37.3 Å². The Bertz CT molecular complexity index is 971. The van der Waals surface area contributed by atoms with E-state index >= 15 is 0 Å². The van der Waals surface area contributed by atoms with E-state index in [9.17, 15) is 18.0 Å². The molecule has 1 fully saturated rings. The molecule has 1 aliphatic heterocycles. The summed E-state index contributed by atoms with van der Waals surface area (Å²) in [5.74, 6) is -0.501. The van der Waals surface area contributed by atoms with Crippen LogP contribution in [-0.4, -0.2) is 56.0 Å². The highest BCUT2D eigenvalue weighted by atomic mass is 32.2. The predicted octanol–water partition coefficient (Wildman–Crippen LogP) is 2.89. The fraction of sp³-hybridized carbons (Fsp3) is 0.333. The van der Waals surface area contributed by atoms with E-state index in [-0.39, 0.29) is 35.2 Å². The number of amides is 3. The number of hydrogen-bond donors (Lipinski definition) is 0. The molecule has 0 aromatic heterocycles. The molecular weight excluding hydrogens is 376 g/mol. The Morgan fingerprint density at radius 1 is 1.07 bits per heavy atom. The minimum Gasteiger partial charge on any atom is -0.323 e. The Kier molecular flexibility index (Phi) is 5.56. The van der Waals surface area contributed by atoms with Crippen LogP contribution in [0.3, 0.4) is 0 Å². The van der Waals surface area contributed by atoms with Crippen LogP contribution >= 0.6 is 0 Å². The van der Waals surface area contributed by atoms with Crippen molar-refractivity contribution in [3.63, 3.8) is 0 Å². The molecule has 0 saturated carbocycles. The summed E-state index contributed by atoms with van der Waals surface area (Å²) in [6, 6.07) is 15.9. The minimum atomic E-state index is -3.29. The van der Waals surface area contributed by atoms with Gasteiger partial charge in [-0.15, -0.1) is 0 Å². The van der Waals surface area contributed by atoms with E-state index in [1.54, 1.807) is 36.2 Å². The third kappa shape index (κ3) is 4.09. The lowest BCUT2D eigenvalue weighted by Crippen LogP contribution is -2.35. The lowest BCUT2D eigenvalue weighted by atomic mass is 9.88. The van der Waals surface area contributed by atoms with Crippen molar-refractivity contribution in [2.45, 2.75) is 30.2 Å². The van der Waals surface area contributed by atoms with Gasteiger partial charge < -0.3 is 4.90 Å². The molecule has 3 amide bonds. The first-order valence-electron chi connectivity index (χ1n) is 9.10. The van der Waals surface area contributed by atoms with Crippen molar-refractivity contribution < 1.29 is 18.0 Å². The molecule has 1 heterocycles. The van der Waals surface area contributed by atoms with Crippen molar-refractivity contribution in [1.29, 1.82) is 0 Å². The number of imide groups is 1. The van der Waals surface area contributed by atoms with Crippen LogP contribution in [0.2, 0.25) is 0 Å². The predicted molar refractivity (Wildman–Crippen MR) is 107 cm³/mol. The van der Waals surface area contributed by atoms with Gasteiger partial charge in [0.1, 0.15) is 0 Å². The molecule has 28 heavy (non-hydrogen) atoms. The summed E-state index contributed by atoms with van der Waals surface area (Å²) in [5.41, 5.74) is 1.77. The van der Waals surface area contributed by atoms with Gasteiger partial charge in [0.2, 0.25) is 5.91 Å². The van der Waals surface area contributed by atoms with Crippen LogP contribution in [0.4, 0.5) is 4.79 Å². The Morgan fingerprint density at radius 2 is 1.64 bits per heavy atom. The Hall–Kier alpha value is -2.67. The average Bonchev–Trinajstić information content (AvgIpc) is 2.93. The summed E-state index contributed by atoms with van der Waals surface area (Å²) in [6.45, 7) is 2.28. The largest absolute Gasteiger partial charge is 0.326 e. The molecule has 1 aliphatic rings. The second-order valence-corrected chi connectivity index (χ2v) is 9.27. The van der Waals surface area contributed by atoms with Crippen LogP contribution in [0.25, 0.3) is 0 Å². The molecule has 0 spiro atoms. The van der Waals surface area contributed by atoms with Crippen molar-refractivity contribution in [1.82, 2.24) is 9.80 Å². The number of nitrogens with zero attached hydrogens (tertiary/aromatic N) is 2. The van der Waals surface area contributed by atoms with E-state index in [1.165, 1.54) is 4.90 Å². The molecule has 3 rings (SSSR count). The maximum absolute atomic E-state index is 12.9. The van der Waals surface area contributed by atoms with Crippen molar-refractivity contribution >= 4 is 21.8 Å². The van der Waals surface area contributed by atoms with Gasteiger partial charge in [0.15, 0.2) is 9.84 Å². The third-order valence-corrected chi connectivity index (χ3v) is 6.36. The highest BCUT2D eigenvalue weighted by Gasteiger charge is 2.36. The summed E-state index contributed by atoms with van der Waals surface area (Å²) in [7, 11) is -1.60. The molecule has 2 aromatic rings. The van der Waals surface area contributed by atoms with Gasteiger partial charge in [0, 0.05) is 31.7 Å². The number of benzene rings is 2. The van der Waals surface area contributed by atoms with Crippen LogP contribution in [-0.2, 0) is 14.6 Å². The highest BCUT2D eigenvalue weighted by Crippen LogP contribution is 2.30. The molecule has 148 valence electrons. The van der Waals surface area contributed by atoms with Gasteiger partial charge in [-0.05, 0) is 30.2 Å². The minimum absolute atomic E-state index is 0.0133. The van der Waals surface area contributed by atoms with E-state index in [0.29, 0.717) is 6.54 Å². The standard InChI is InChI=1S/C21H24N2O4S/c1-15-14-23(21(25)22(15)2)20(24)13-19(16-7-5-4-6-8-16)17-9-11-18(12-10-17)28(3,26)27/h4-12,15,19H,13-14H2,1-3H3/t15?,19-/m0/s1. The molecule has 6 nitrogen and oxygen atoms in total. The number of rotatable bonds is 5. The first kappa shape index (κ1) is 20.1. The van der Waals surface area contributed by atoms with Crippen molar-refractivity contribution in [3.05, 3.63) is 65.7 Å². The summed E-state index contributed by atoms with van der Waals surface area (Å²) in [6.07, 6.45) is 1.30. The van der Waals surface area contributed by atoms with E-state index in [0.717, 1.165) is 17.4 Å². The first-order chi connectivity index (χ1) is 13.2. The molecule has 7 heteroatoms. The lowest BCUT2D eigenvalue weighted by Gasteiger charge is -2.21. The number of carbonyl (C=O) groups excluding carboxylic acids is 2. The monoisotopic (exact) mass is 400 g/mol. The number of likely N-dealkylation sites (N-methyl/N-ethyl adjacent to an activating group) is 1. The molecule has 0 bridgehead atoms. The Morgan fingerprint density at radius 3 is 2.14 bits per heavy atom. The fourth-order valence-electron chi connectivity index (χ4n) is 3.40. The molecule has 2 atom stereocenters. The summed E-state index contributed by atoms with van der Waals surface area (Å²) in [4.78, 5) is 28.3. The second kappa shape index (κ2) is 7.75. The van der Waals surface area contributed by atoms with Crippen LogP contribution in [0.5, 0.6) is 0 Å². The molecular formula is C21H24N2O4S. The molecule has 1 unspecified atom stereocenters. The zero-order chi connectivity index (χ0) is 20.5. The molecule has 1 saturated heterocycles. The lowest BCUT2D eigenvalue weighted by molar-refractivity contribution is -0.127. The van der Waals surface area contributed by atoms with E-state index < -0.39 is 9.84 Å². The quantitative estimate of drug-likeness (QED) is 0.773.